The van der Waals surface area contributed by atoms with Gasteiger partial charge in [0.1, 0.15) is 5.01 Å². The minimum Gasteiger partial charge on any atom is -0.382 e. The highest BCUT2D eigenvalue weighted by molar-refractivity contribution is 7.13. The molecule has 1 aromatic heterocycles. The fraction of sp³-hybridized carbons (Fsp3) is 0.375. The Kier molecular flexibility index (Phi) is 6.36. The summed E-state index contributed by atoms with van der Waals surface area (Å²) >= 11 is 1.60. The molecule has 1 aromatic carbocycles. The number of hydrogen-bond donors (Lipinski definition) is 2. The van der Waals surface area contributed by atoms with E-state index in [0.29, 0.717) is 19.8 Å². The number of aryl methyl sites for hydroxylation is 1. The van der Waals surface area contributed by atoms with Crippen LogP contribution in [-0.4, -0.2) is 30.8 Å². The predicted molar refractivity (Wildman–Crippen MR) is 90.4 cm³/mol. The molecule has 6 heteroatoms. The van der Waals surface area contributed by atoms with Crippen LogP contribution in [0.25, 0.3) is 10.6 Å². The molecule has 0 saturated heterocycles. The van der Waals surface area contributed by atoms with Crippen LogP contribution in [-0.2, 0) is 4.74 Å². The Balaban J connectivity index is 1.86. The van der Waals surface area contributed by atoms with Crippen LogP contribution in [0.5, 0.6) is 0 Å². The van der Waals surface area contributed by atoms with Crippen molar-refractivity contribution in [2.45, 2.75) is 20.3 Å². The van der Waals surface area contributed by atoms with Crippen LogP contribution in [0.4, 0.5) is 10.5 Å². The number of carbonyl (C=O) groups excluding carboxylic acids is 1. The van der Waals surface area contributed by atoms with Gasteiger partial charge in [-0.1, -0.05) is 12.1 Å². The van der Waals surface area contributed by atoms with Crippen molar-refractivity contribution in [3.63, 3.8) is 0 Å². The van der Waals surface area contributed by atoms with E-state index < -0.39 is 0 Å². The van der Waals surface area contributed by atoms with Crippen molar-refractivity contribution in [1.82, 2.24) is 10.3 Å². The third-order valence-electron chi connectivity index (χ3n) is 2.94. The van der Waals surface area contributed by atoms with Crippen LogP contribution in [0.2, 0.25) is 0 Å². The fourth-order valence-corrected chi connectivity index (χ4v) is 2.71. The van der Waals surface area contributed by atoms with Gasteiger partial charge in [-0.3, -0.25) is 0 Å². The molecule has 5 nitrogen and oxygen atoms in total. The summed E-state index contributed by atoms with van der Waals surface area (Å²) in [5.41, 5.74) is 2.77. The van der Waals surface area contributed by atoms with E-state index in [2.05, 4.69) is 15.6 Å². The molecule has 2 amide bonds. The zero-order valence-corrected chi connectivity index (χ0v) is 13.7. The molecule has 2 aromatic rings. The Morgan fingerprint density at radius 2 is 2.27 bits per heavy atom. The number of nitrogens with zero attached hydrogens (tertiary/aromatic N) is 1. The first kappa shape index (κ1) is 16.5. The van der Waals surface area contributed by atoms with E-state index in [4.69, 9.17) is 4.74 Å². The summed E-state index contributed by atoms with van der Waals surface area (Å²) in [4.78, 5) is 16.3. The Labute approximate surface area is 134 Å². The lowest BCUT2D eigenvalue weighted by Crippen LogP contribution is -2.30. The van der Waals surface area contributed by atoms with E-state index in [1.54, 1.807) is 11.3 Å². The molecule has 2 rings (SSSR count). The maximum absolute atomic E-state index is 11.8. The third-order valence-corrected chi connectivity index (χ3v) is 3.95. The number of carbonyl (C=O) groups is 1. The molecule has 2 N–H and O–H groups in total. The lowest BCUT2D eigenvalue weighted by molar-refractivity contribution is 0.145. The third kappa shape index (κ3) is 5.13. The van der Waals surface area contributed by atoms with Gasteiger partial charge in [-0.25, -0.2) is 9.78 Å². The molecular formula is C16H21N3O2S. The first-order valence-corrected chi connectivity index (χ1v) is 8.22. The molecule has 0 atom stereocenters. The Bertz CT molecular complexity index is 613. The van der Waals surface area contributed by atoms with E-state index in [0.717, 1.165) is 28.4 Å². The van der Waals surface area contributed by atoms with E-state index in [9.17, 15) is 4.79 Å². The standard InChI is InChI=1S/C16H21N3O2S/c1-3-21-9-5-8-17-16(20)19-14-7-4-6-13(10-14)15-18-12(2)11-22-15/h4,6-7,10-11H,3,5,8-9H2,1-2H3,(H2,17,19,20). The van der Waals surface area contributed by atoms with Gasteiger partial charge in [0.2, 0.25) is 0 Å². The largest absolute Gasteiger partial charge is 0.382 e. The average Bonchev–Trinajstić information content (AvgIpc) is 2.94. The number of urea groups is 1. The monoisotopic (exact) mass is 319 g/mol. The topological polar surface area (TPSA) is 63.2 Å². The number of hydrogen-bond acceptors (Lipinski definition) is 4. The molecular weight excluding hydrogens is 298 g/mol. The highest BCUT2D eigenvalue weighted by Crippen LogP contribution is 2.25. The summed E-state index contributed by atoms with van der Waals surface area (Å²) < 4.78 is 5.22. The molecule has 0 bridgehead atoms. The van der Waals surface area contributed by atoms with Crippen molar-refractivity contribution >= 4 is 23.1 Å². The summed E-state index contributed by atoms with van der Waals surface area (Å²) in [6.45, 7) is 5.89. The summed E-state index contributed by atoms with van der Waals surface area (Å²) in [5, 5.41) is 8.62. The van der Waals surface area contributed by atoms with Crippen molar-refractivity contribution in [2.24, 2.45) is 0 Å². The van der Waals surface area contributed by atoms with Gasteiger partial charge in [-0.05, 0) is 32.4 Å². The molecule has 0 aliphatic carbocycles. The van der Waals surface area contributed by atoms with Crippen LogP contribution in [0.15, 0.2) is 29.6 Å². The maximum atomic E-state index is 11.8. The molecule has 1 heterocycles. The van der Waals surface area contributed by atoms with Gasteiger partial charge in [0.05, 0.1) is 0 Å². The average molecular weight is 319 g/mol. The number of nitrogens with one attached hydrogen (secondary N) is 2. The molecule has 0 radical (unpaired) electrons. The van der Waals surface area contributed by atoms with Crippen LogP contribution in [0, 0.1) is 6.92 Å². The van der Waals surface area contributed by atoms with Gasteiger partial charge in [0.25, 0.3) is 0 Å². The number of rotatable bonds is 7. The van der Waals surface area contributed by atoms with Gasteiger partial charge < -0.3 is 15.4 Å². The van der Waals surface area contributed by atoms with Gasteiger partial charge in [0, 0.05) is 42.1 Å². The zero-order chi connectivity index (χ0) is 15.8. The van der Waals surface area contributed by atoms with Crippen LogP contribution < -0.4 is 10.6 Å². The second kappa shape index (κ2) is 8.51. The highest BCUT2D eigenvalue weighted by atomic mass is 32.1. The first-order chi connectivity index (χ1) is 10.7. The minimum atomic E-state index is -0.205. The van der Waals surface area contributed by atoms with Gasteiger partial charge in [-0.2, -0.15) is 0 Å². The summed E-state index contributed by atoms with van der Waals surface area (Å²) in [6.07, 6.45) is 0.805. The number of thiazole rings is 1. The van der Waals surface area contributed by atoms with Crippen molar-refractivity contribution in [3.8, 4) is 10.6 Å². The van der Waals surface area contributed by atoms with E-state index in [1.165, 1.54) is 0 Å². The molecule has 22 heavy (non-hydrogen) atoms. The molecule has 0 unspecified atom stereocenters. The highest BCUT2D eigenvalue weighted by Gasteiger charge is 2.05. The lowest BCUT2D eigenvalue weighted by Gasteiger charge is -2.08. The van der Waals surface area contributed by atoms with Crippen molar-refractivity contribution < 1.29 is 9.53 Å². The smallest absolute Gasteiger partial charge is 0.319 e. The lowest BCUT2D eigenvalue weighted by atomic mass is 10.2. The van der Waals surface area contributed by atoms with Crippen molar-refractivity contribution in [1.29, 1.82) is 0 Å². The van der Waals surface area contributed by atoms with E-state index >= 15 is 0 Å². The Morgan fingerprint density at radius 3 is 3.00 bits per heavy atom. The molecule has 118 valence electrons. The normalized spacial score (nSPS) is 10.5. The number of aromatic nitrogens is 1. The summed E-state index contributed by atoms with van der Waals surface area (Å²) in [7, 11) is 0. The van der Waals surface area contributed by atoms with Gasteiger partial charge in [0.15, 0.2) is 0 Å². The number of ether oxygens (including phenoxy) is 1. The predicted octanol–water partition coefficient (Wildman–Crippen LogP) is 3.67. The number of anilines is 1. The molecule has 0 aliphatic rings. The van der Waals surface area contributed by atoms with Crippen molar-refractivity contribution in [2.75, 3.05) is 25.1 Å². The SMILES string of the molecule is CCOCCCNC(=O)Nc1cccc(-c2nc(C)cs2)c1. The molecule has 0 spiro atoms. The quantitative estimate of drug-likeness (QED) is 0.765. The Hall–Kier alpha value is -1.92. The summed E-state index contributed by atoms with van der Waals surface area (Å²) in [6, 6.07) is 7.49. The van der Waals surface area contributed by atoms with Crippen molar-refractivity contribution in [3.05, 3.63) is 35.3 Å². The zero-order valence-electron chi connectivity index (χ0n) is 12.9. The molecule has 0 saturated carbocycles. The second-order valence-corrected chi connectivity index (χ2v) is 5.66. The van der Waals surface area contributed by atoms with E-state index in [-0.39, 0.29) is 6.03 Å². The number of benzene rings is 1. The van der Waals surface area contributed by atoms with Crippen LogP contribution in [0.1, 0.15) is 19.0 Å². The fourth-order valence-electron chi connectivity index (χ4n) is 1.91. The summed E-state index contributed by atoms with van der Waals surface area (Å²) in [5.74, 6) is 0. The minimum absolute atomic E-state index is 0.205. The molecule has 0 fully saturated rings. The number of amides is 2. The van der Waals surface area contributed by atoms with Crippen LogP contribution in [0.3, 0.4) is 0 Å². The van der Waals surface area contributed by atoms with E-state index in [1.807, 2.05) is 43.5 Å². The van der Waals surface area contributed by atoms with Crippen LogP contribution >= 0.6 is 11.3 Å². The first-order valence-electron chi connectivity index (χ1n) is 7.34. The van der Waals surface area contributed by atoms with Gasteiger partial charge in [-0.15, -0.1) is 11.3 Å². The van der Waals surface area contributed by atoms with Gasteiger partial charge >= 0.3 is 6.03 Å². The Morgan fingerprint density at radius 1 is 1.41 bits per heavy atom. The maximum Gasteiger partial charge on any atom is 0.319 e. The second-order valence-electron chi connectivity index (χ2n) is 4.81. The molecule has 0 aliphatic heterocycles.